The molecular weight excluding hydrogens is 694 g/mol. The normalized spacial score (nSPS) is 16.8. The Labute approximate surface area is 293 Å². The number of likely N-dealkylation sites (tertiary alicyclic amines) is 1. The number of halogens is 6. The minimum absolute atomic E-state index is 0.00728. The van der Waals surface area contributed by atoms with Crippen LogP contribution in [-0.4, -0.2) is 67.3 Å². The molecule has 0 radical (unpaired) electrons. The molecule has 4 aromatic rings. The molecule has 1 aliphatic heterocycles. The standard InChI is InChI=1S/C37H40F6N4O3S/c1-4-19-46(5-2)31-16-9-10-20-47(31)23-29-32(35(48)45-34(37(41,42)43)24-12-7-6-8-13-24)28-22-27(51(3,49)50)17-18-30(28)44-33(29)25-14-11-15-26(21-25)36(38,39)40/h6-8,11-15,17-18,21-22,31,34H,4-5,9-10,16,19-20,23H2,1-3H3,(H,45,48)/t31?,34-/m1/s1. The van der Waals surface area contributed by atoms with Crippen molar-refractivity contribution in [3.05, 3.63) is 95.1 Å². The molecule has 1 unspecified atom stereocenters. The van der Waals surface area contributed by atoms with Gasteiger partial charge >= 0.3 is 12.4 Å². The van der Waals surface area contributed by atoms with Gasteiger partial charge in [-0.05, 0) is 81.2 Å². The van der Waals surface area contributed by atoms with E-state index in [9.17, 15) is 39.6 Å². The van der Waals surface area contributed by atoms with Crippen molar-refractivity contribution in [2.45, 2.75) is 75.5 Å². The number of fused-ring (bicyclic) bond motifs is 1. The zero-order valence-electron chi connectivity index (χ0n) is 28.5. The molecule has 7 nitrogen and oxygen atoms in total. The molecular formula is C37H40F6N4O3S. The van der Waals surface area contributed by atoms with Crippen LogP contribution in [0.15, 0.2) is 77.7 Å². The van der Waals surface area contributed by atoms with E-state index in [1.807, 2.05) is 13.8 Å². The molecule has 3 aromatic carbocycles. The third kappa shape index (κ3) is 8.73. The molecule has 274 valence electrons. The summed E-state index contributed by atoms with van der Waals surface area (Å²) in [6.45, 7) is 6.00. The van der Waals surface area contributed by atoms with Crippen LogP contribution in [-0.2, 0) is 22.6 Å². The summed E-state index contributed by atoms with van der Waals surface area (Å²) in [5.74, 6) is -1.17. The van der Waals surface area contributed by atoms with Crippen LogP contribution in [0.4, 0.5) is 26.3 Å². The highest BCUT2D eigenvalue weighted by molar-refractivity contribution is 7.90. The zero-order chi connectivity index (χ0) is 37.1. The molecule has 1 saturated heterocycles. The van der Waals surface area contributed by atoms with Crippen LogP contribution < -0.4 is 5.32 Å². The number of amides is 1. The number of sulfone groups is 1. The maximum atomic E-state index is 14.6. The second kappa shape index (κ2) is 15.3. The smallest absolute Gasteiger partial charge is 0.337 e. The Bertz CT molecular complexity index is 1970. The first kappa shape index (κ1) is 38.2. The number of pyridine rings is 1. The molecule has 1 aromatic heterocycles. The second-order valence-corrected chi connectivity index (χ2v) is 14.8. The number of piperidine rings is 1. The van der Waals surface area contributed by atoms with Crippen LogP contribution in [0.3, 0.4) is 0 Å². The van der Waals surface area contributed by atoms with E-state index in [0.717, 1.165) is 50.6 Å². The van der Waals surface area contributed by atoms with Crippen molar-refractivity contribution in [1.82, 2.24) is 20.1 Å². The van der Waals surface area contributed by atoms with E-state index in [0.29, 0.717) is 13.1 Å². The second-order valence-electron chi connectivity index (χ2n) is 12.8. The first-order valence-electron chi connectivity index (χ1n) is 16.8. The number of aromatic nitrogens is 1. The van der Waals surface area contributed by atoms with Crippen molar-refractivity contribution in [2.75, 3.05) is 25.9 Å². The molecule has 5 rings (SSSR count). The van der Waals surface area contributed by atoms with Gasteiger partial charge in [0.1, 0.15) is 0 Å². The average Bonchev–Trinajstić information content (AvgIpc) is 3.08. The Morgan fingerprint density at radius 3 is 2.33 bits per heavy atom. The van der Waals surface area contributed by atoms with Crippen molar-refractivity contribution in [3.8, 4) is 11.3 Å². The van der Waals surface area contributed by atoms with Gasteiger partial charge in [0, 0.05) is 29.3 Å². The van der Waals surface area contributed by atoms with Gasteiger partial charge in [-0.3, -0.25) is 14.6 Å². The number of carbonyl (C=O) groups excluding carboxylic acids is 1. The van der Waals surface area contributed by atoms with Gasteiger partial charge in [-0.1, -0.05) is 56.3 Å². The summed E-state index contributed by atoms with van der Waals surface area (Å²) in [5, 5.41) is 2.11. The van der Waals surface area contributed by atoms with E-state index in [1.54, 1.807) is 0 Å². The first-order valence-corrected chi connectivity index (χ1v) is 18.7. The maximum Gasteiger partial charge on any atom is 0.416 e. The number of hydrogen-bond donors (Lipinski definition) is 1. The van der Waals surface area contributed by atoms with Crippen LogP contribution in [0.25, 0.3) is 22.2 Å². The summed E-state index contributed by atoms with van der Waals surface area (Å²) in [6, 6.07) is 12.5. The predicted molar refractivity (Wildman–Crippen MR) is 184 cm³/mol. The summed E-state index contributed by atoms with van der Waals surface area (Å²) >= 11 is 0. The van der Waals surface area contributed by atoms with Crippen molar-refractivity contribution < 1.29 is 39.6 Å². The summed E-state index contributed by atoms with van der Waals surface area (Å²) in [6.07, 6.45) is -5.51. The number of carbonyl (C=O) groups is 1. The summed E-state index contributed by atoms with van der Waals surface area (Å²) < 4.78 is 111. The molecule has 51 heavy (non-hydrogen) atoms. The van der Waals surface area contributed by atoms with Crippen LogP contribution in [0.1, 0.15) is 72.6 Å². The van der Waals surface area contributed by atoms with E-state index < -0.39 is 39.7 Å². The molecule has 1 N–H and O–H groups in total. The number of hydrogen-bond acceptors (Lipinski definition) is 6. The van der Waals surface area contributed by atoms with Crippen LogP contribution in [0.2, 0.25) is 0 Å². The van der Waals surface area contributed by atoms with Crippen molar-refractivity contribution in [1.29, 1.82) is 0 Å². The Morgan fingerprint density at radius 1 is 0.980 bits per heavy atom. The number of alkyl halides is 6. The third-order valence-corrected chi connectivity index (χ3v) is 10.3. The van der Waals surface area contributed by atoms with E-state index in [-0.39, 0.29) is 56.5 Å². The van der Waals surface area contributed by atoms with Gasteiger partial charge in [0.25, 0.3) is 5.91 Å². The van der Waals surface area contributed by atoms with E-state index in [4.69, 9.17) is 4.98 Å². The number of nitrogens with one attached hydrogen (secondary N) is 1. The maximum absolute atomic E-state index is 14.6. The van der Waals surface area contributed by atoms with Crippen molar-refractivity contribution >= 4 is 26.6 Å². The van der Waals surface area contributed by atoms with E-state index in [2.05, 4.69) is 15.1 Å². The molecule has 1 amide bonds. The Hall–Kier alpha value is -4.01. The number of nitrogens with zero attached hydrogens (tertiary/aromatic N) is 3. The SMILES string of the molecule is CCCN(CC)C1CCCCN1Cc1c(-c2cccc(C(F)(F)F)c2)nc2ccc(S(C)(=O)=O)cc2c1C(=O)N[C@H](c1ccccc1)C(F)(F)F. The van der Waals surface area contributed by atoms with Crippen LogP contribution in [0, 0.1) is 0 Å². The quantitative estimate of drug-likeness (QED) is 0.156. The summed E-state index contributed by atoms with van der Waals surface area (Å²) in [5.41, 5.74) is -1.37. The zero-order valence-corrected chi connectivity index (χ0v) is 29.3. The van der Waals surface area contributed by atoms with E-state index in [1.165, 1.54) is 60.7 Å². The molecule has 14 heteroatoms. The summed E-state index contributed by atoms with van der Waals surface area (Å²) in [4.78, 5) is 23.3. The molecule has 1 aliphatic rings. The van der Waals surface area contributed by atoms with Gasteiger partial charge in [0.05, 0.1) is 33.4 Å². The van der Waals surface area contributed by atoms with Gasteiger partial charge in [-0.2, -0.15) is 26.3 Å². The van der Waals surface area contributed by atoms with Gasteiger partial charge in [-0.25, -0.2) is 13.4 Å². The lowest BCUT2D eigenvalue weighted by Gasteiger charge is -2.43. The number of benzene rings is 3. The van der Waals surface area contributed by atoms with Gasteiger partial charge in [0.2, 0.25) is 0 Å². The lowest BCUT2D eigenvalue weighted by Crippen LogP contribution is -2.51. The van der Waals surface area contributed by atoms with Gasteiger partial charge < -0.3 is 5.32 Å². The Kier molecular flexibility index (Phi) is 11.5. The third-order valence-electron chi connectivity index (χ3n) is 9.19. The van der Waals surface area contributed by atoms with Gasteiger partial charge in [-0.15, -0.1) is 0 Å². The highest BCUT2D eigenvalue weighted by Gasteiger charge is 2.43. The first-order chi connectivity index (χ1) is 24.0. The largest absolute Gasteiger partial charge is 0.416 e. The topological polar surface area (TPSA) is 82.6 Å². The molecule has 0 bridgehead atoms. The van der Waals surface area contributed by atoms with Gasteiger partial charge in [0.15, 0.2) is 15.9 Å². The lowest BCUT2D eigenvalue weighted by atomic mass is 9.93. The molecule has 2 atom stereocenters. The van der Waals surface area contributed by atoms with Crippen LogP contribution in [0.5, 0.6) is 0 Å². The highest BCUT2D eigenvalue weighted by Crippen LogP contribution is 2.39. The Balaban J connectivity index is 1.82. The molecule has 0 aliphatic carbocycles. The molecule has 0 spiro atoms. The predicted octanol–water partition coefficient (Wildman–Crippen LogP) is 8.40. The minimum atomic E-state index is -4.93. The summed E-state index contributed by atoms with van der Waals surface area (Å²) in [7, 11) is -3.86. The molecule has 2 heterocycles. The fourth-order valence-corrected chi connectivity index (χ4v) is 7.44. The number of rotatable bonds is 11. The molecule has 0 saturated carbocycles. The average molecular weight is 735 g/mol. The highest BCUT2D eigenvalue weighted by atomic mass is 32.2. The molecule has 1 fully saturated rings. The Morgan fingerprint density at radius 2 is 1.71 bits per heavy atom. The fraction of sp³-hybridized carbons (Fsp3) is 0.405. The van der Waals surface area contributed by atoms with E-state index >= 15 is 0 Å². The van der Waals surface area contributed by atoms with Crippen LogP contribution >= 0.6 is 0 Å². The minimum Gasteiger partial charge on any atom is -0.337 e. The monoisotopic (exact) mass is 734 g/mol. The lowest BCUT2D eigenvalue weighted by molar-refractivity contribution is -0.155. The van der Waals surface area contributed by atoms with Crippen molar-refractivity contribution in [2.24, 2.45) is 0 Å². The van der Waals surface area contributed by atoms with Crippen molar-refractivity contribution in [3.63, 3.8) is 0 Å². The fourth-order valence-electron chi connectivity index (χ4n) is 6.79.